The highest BCUT2D eigenvalue weighted by Gasteiger charge is 2.34. The fourth-order valence-electron chi connectivity index (χ4n) is 2.73. The van der Waals surface area contributed by atoms with Gasteiger partial charge >= 0.3 is 0 Å². The molecule has 0 spiro atoms. The molecule has 2 amide bonds. The summed E-state index contributed by atoms with van der Waals surface area (Å²) in [6, 6.07) is 0. The van der Waals surface area contributed by atoms with Gasteiger partial charge < -0.3 is 0 Å². The number of amides is 2. The first-order chi connectivity index (χ1) is 9.49. The maximum Gasteiger partial charge on any atom is 0.249 e. The van der Waals surface area contributed by atoms with E-state index in [2.05, 4.69) is 19.3 Å². The highest BCUT2D eigenvalue weighted by atomic mass is 16.7. The zero-order valence-electron chi connectivity index (χ0n) is 12.4. The van der Waals surface area contributed by atoms with Gasteiger partial charge in [0.2, 0.25) is 11.8 Å². The van der Waals surface area contributed by atoms with Crippen LogP contribution in [0.5, 0.6) is 0 Å². The van der Waals surface area contributed by atoms with Gasteiger partial charge in [-0.25, -0.2) is 10.5 Å². The first kappa shape index (κ1) is 15.3. The molecule has 0 aliphatic carbocycles. The number of nitrogens with zero attached hydrogens (tertiary/aromatic N) is 1. The predicted octanol–water partition coefficient (Wildman–Crippen LogP) is 1.27. The normalized spacial score (nSPS) is 29.5. The Morgan fingerprint density at radius 3 is 2.65 bits per heavy atom. The second-order valence-electron chi connectivity index (χ2n) is 6.07. The number of carbonyl (C=O) groups excluding carboxylic acids is 2. The molecule has 0 radical (unpaired) electrons. The number of nitrogens with one attached hydrogen (secondary N) is 1. The molecule has 2 heterocycles. The molecule has 0 aromatic rings. The molecule has 0 saturated carbocycles. The van der Waals surface area contributed by atoms with Crippen molar-refractivity contribution in [3.05, 3.63) is 0 Å². The molecule has 20 heavy (non-hydrogen) atoms. The van der Waals surface area contributed by atoms with Gasteiger partial charge in [-0.15, -0.1) is 0 Å². The Hall–Kier alpha value is -1.14. The summed E-state index contributed by atoms with van der Waals surface area (Å²) in [6.45, 7) is 7.23. The third-order valence-corrected chi connectivity index (χ3v) is 4.11. The van der Waals surface area contributed by atoms with Crippen LogP contribution in [0.3, 0.4) is 0 Å². The second-order valence-corrected chi connectivity index (χ2v) is 6.07. The summed E-state index contributed by atoms with van der Waals surface area (Å²) in [5.41, 5.74) is 2.41. The van der Waals surface area contributed by atoms with Crippen molar-refractivity contribution in [3.8, 4) is 0 Å². The van der Waals surface area contributed by atoms with E-state index in [1.54, 1.807) is 0 Å². The summed E-state index contributed by atoms with van der Waals surface area (Å²) in [7, 11) is 0. The molecule has 3 atom stereocenters. The molecule has 0 aromatic heterocycles. The van der Waals surface area contributed by atoms with Crippen LogP contribution in [-0.4, -0.2) is 36.1 Å². The molecular weight excluding hydrogens is 260 g/mol. The van der Waals surface area contributed by atoms with Gasteiger partial charge in [-0.1, -0.05) is 20.8 Å². The third kappa shape index (κ3) is 3.49. The van der Waals surface area contributed by atoms with E-state index in [0.29, 0.717) is 31.9 Å². The van der Waals surface area contributed by atoms with Gasteiger partial charge in [0.15, 0.2) is 0 Å². The van der Waals surface area contributed by atoms with Gasteiger partial charge in [-0.2, -0.15) is 0 Å². The maximum absolute atomic E-state index is 12.3. The van der Waals surface area contributed by atoms with Gasteiger partial charge in [0.1, 0.15) is 0 Å². The molecule has 0 aromatic carbocycles. The molecule has 2 aliphatic rings. The molecule has 6 nitrogen and oxygen atoms in total. The van der Waals surface area contributed by atoms with Crippen molar-refractivity contribution in [1.29, 1.82) is 0 Å². The lowest BCUT2D eigenvalue weighted by atomic mass is 9.90. The summed E-state index contributed by atoms with van der Waals surface area (Å²) >= 11 is 0. The molecule has 114 valence electrons. The summed E-state index contributed by atoms with van der Waals surface area (Å²) < 4.78 is 0. The zero-order chi connectivity index (χ0) is 14.7. The molecule has 2 fully saturated rings. The van der Waals surface area contributed by atoms with Crippen LogP contribution >= 0.6 is 0 Å². The summed E-state index contributed by atoms with van der Waals surface area (Å²) in [5.74, 6) is 0.472. The van der Waals surface area contributed by atoms with Crippen LogP contribution in [-0.2, 0) is 19.3 Å². The summed E-state index contributed by atoms with van der Waals surface area (Å²) in [5, 5.41) is 1.48. The van der Waals surface area contributed by atoms with Gasteiger partial charge in [-0.3, -0.25) is 19.3 Å². The minimum Gasteiger partial charge on any atom is -0.273 e. The van der Waals surface area contributed by atoms with E-state index in [0.717, 1.165) is 6.42 Å². The van der Waals surface area contributed by atoms with Crippen molar-refractivity contribution in [2.24, 2.45) is 17.8 Å². The van der Waals surface area contributed by atoms with Crippen LogP contribution in [0, 0.1) is 17.8 Å². The molecule has 2 saturated heterocycles. The quantitative estimate of drug-likeness (QED) is 0.844. The Morgan fingerprint density at radius 2 is 2.05 bits per heavy atom. The van der Waals surface area contributed by atoms with E-state index in [-0.39, 0.29) is 29.8 Å². The highest BCUT2D eigenvalue weighted by molar-refractivity contribution is 5.78. The van der Waals surface area contributed by atoms with Crippen molar-refractivity contribution in [3.63, 3.8) is 0 Å². The van der Waals surface area contributed by atoms with Gasteiger partial charge in [-0.05, 0) is 18.8 Å². The van der Waals surface area contributed by atoms with E-state index < -0.39 is 0 Å². The average molecular weight is 284 g/mol. The largest absolute Gasteiger partial charge is 0.273 e. The lowest BCUT2D eigenvalue weighted by Crippen LogP contribution is -2.48. The molecule has 0 bridgehead atoms. The lowest BCUT2D eigenvalue weighted by molar-refractivity contribution is -0.216. The first-order valence-corrected chi connectivity index (χ1v) is 7.37. The summed E-state index contributed by atoms with van der Waals surface area (Å²) in [6.07, 6.45) is 1.88. The van der Waals surface area contributed by atoms with Crippen LogP contribution in [0.4, 0.5) is 0 Å². The first-order valence-electron chi connectivity index (χ1n) is 7.37. The highest BCUT2D eigenvalue weighted by Crippen LogP contribution is 2.25. The van der Waals surface area contributed by atoms with Crippen molar-refractivity contribution >= 4 is 11.8 Å². The lowest BCUT2D eigenvalue weighted by Gasteiger charge is -2.36. The van der Waals surface area contributed by atoms with E-state index in [1.807, 2.05) is 6.92 Å². The minimum absolute atomic E-state index is 0.0444. The Bertz CT molecular complexity index is 362. The molecular formula is C14H24N2O4. The molecule has 1 N–H and O–H groups in total. The number of hydrogen-bond acceptors (Lipinski definition) is 4. The zero-order valence-corrected chi connectivity index (χ0v) is 12.4. The minimum atomic E-state index is -0.0846. The fourth-order valence-corrected chi connectivity index (χ4v) is 2.73. The van der Waals surface area contributed by atoms with Crippen molar-refractivity contribution in [1.82, 2.24) is 10.5 Å². The average Bonchev–Trinajstić information content (AvgIpc) is 2.41. The van der Waals surface area contributed by atoms with Crippen molar-refractivity contribution in [2.45, 2.75) is 46.1 Å². The van der Waals surface area contributed by atoms with Crippen LogP contribution < -0.4 is 5.48 Å². The number of rotatable bonds is 4. The Kier molecular flexibility index (Phi) is 4.99. The number of carbonyl (C=O) groups is 2. The van der Waals surface area contributed by atoms with Gasteiger partial charge in [0.05, 0.1) is 19.3 Å². The van der Waals surface area contributed by atoms with E-state index in [4.69, 9.17) is 9.68 Å². The van der Waals surface area contributed by atoms with Gasteiger partial charge in [0.25, 0.3) is 0 Å². The van der Waals surface area contributed by atoms with Crippen LogP contribution in [0.15, 0.2) is 0 Å². The molecule has 2 rings (SSSR count). The molecule has 2 aliphatic heterocycles. The van der Waals surface area contributed by atoms with Gasteiger partial charge in [0, 0.05) is 18.3 Å². The third-order valence-electron chi connectivity index (χ3n) is 4.11. The smallest absolute Gasteiger partial charge is 0.249 e. The number of hydroxylamine groups is 3. The van der Waals surface area contributed by atoms with Crippen LogP contribution in [0.25, 0.3) is 0 Å². The standard InChI is InChI=1S/C14H24N2O4/c1-9(2)11-6-7-19-16(14(11)18)8-10(3)12-4-5-13(17)15-20-12/h9-12H,4-8H2,1-3H3,(H,15,17). The predicted molar refractivity (Wildman–Crippen MR) is 72.0 cm³/mol. The Morgan fingerprint density at radius 1 is 1.30 bits per heavy atom. The van der Waals surface area contributed by atoms with E-state index >= 15 is 0 Å². The molecule has 3 unspecified atom stereocenters. The fraction of sp³-hybridized carbons (Fsp3) is 0.857. The monoisotopic (exact) mass is 284 g/mol. The topological polar surface area (TPSA) is 67.9 Å². The number of hydrogen-bond donors (Lipinski definition) is 1. The van der Waals surface area contributed by atoms with E-state index in [9.17, 15) is 9.59 Å². The molecule has 6 heteroatoms. The van der Waals surface area contributed by atoms with E-state index in [1.165, 1.54) is 5.06 Å². The SMILES string of the molecule is CC(C)C1CCON(CC(C)C2CCC(=O)NO2)C1=O. The van der Waals surface area contributed by atoms with Crippen LogP contribution in [0.2, 0.25) is 0 Å². The van der Waals surface area contributed by atoms with Crippen molar-refractivity contribution < 1.29 is 19.3 Å². The summed E-state index contributed by atoms with van der Waals surface area (Å²) in [4.78, 5) is 34.2. The maximum atomic E-state index is 12.3. The second kappa shape index (κ2) is 6.54. The Labute approximate surface area is 119 Å². The van der Waals surface area contributed by atoms with Crippen molar-refractivity contribution in [2.75, 3.05) is 13.2 Å². The Balaban J connectivity index is 1.88. The van der Waals surface area contributed by atoms with Crippen LogP contribution in [0.1, 0.15) is 40.0 Å².